The molecule has 0 saturated carbocycles. The van der Waals surface area contributed by atoms with Gasteiger partial charge in [-0.05, 0) is 31.7 Å². The van der Waals surface area contributed by atoms with Crippen LogP contribution in [-0.2, 0) is 24.3 Å². The van der Waals surface area contributed by atoms with E-state index in [9.17, 15) is 0 Å². The molecule has 4 nitrogen and oxygen atoms in total. The molecule has 2 aromatic heterocycles. The summed E-state index contributed by atoms with van der Waals surface area (Å²) in [7, 11) is 0. The predicted octanol–water partition coefficient (Wildman–Crippen LogP) is 2.85. The summed E-state index contributed by atoms with van der Waals surface area (Å²) in [4.78, 5) is 4.26. The van der Waals surface area contributed by atoms with E-state index in [0.717, 1.165) is 36.7 Å². The van der Waals surface area contributed by atoms with Crippen molar-refractivity contribution in [1.82, 2.24) is 10.3 Å². The van der Waals surface area contributed by atoms with Crippen LogP contribution in [0, 0.1) is 6.92 Å². The molecule has 0 radical (unpaired) electrons. The number of hydrogen-bond acceptors (Lipinski definition) is 4. The molecule has 0 aliphatic rings. The second kappa shape index (κ2) is 7.82. The summed E-state index contributed by atoms with van der Waals surface area (Å²) in [6, 6.07) is 7.99. The highest BCUT2D eigenvalue weighted by molar-refractivity contribution is 5.20. The highest BCUT2D eigenvalue weighted by Crippen LogP contribution is 2.15. The van der Waals surface area contributed by atoms with Gasteiger partial charge in [-0.3, -0.25) is 4.98 Å². The summed E-state index contributed by atoms with van der Waals surface area (Å²) >= 11 is 0. The molecule has 0 bridgehead atoms. The van der Waals surface area contributed by atoms with Crippen molar-refractivity contribution in [1.29, 1.82) is 0 Å². The maximum Gasteiger partial charge on any atom is 0.130 e. The van der Waals surface area contributed by atoms with Crippen LogP contribution in [0.5, 0.6) is 0 Å². The van der Waals surface area contributed by atoms with Gasteiger partial charge in [0.05, 0.1) is 6.61 Å². The number of nitrogens with one attached hydrogen (secondary N) is 1. The highest BCUT2D eigenvalue weighted by Gasteiger charge is 2.07. The van der Waals surface area contributed by atoms with E-state index in [4.69, 9.17) is 9.15 Å². The fourth-order valence-electron chi connectivity index (χ4n) is 1.99. The van der Waals surface area contributed by atoms with Gasteiger partial charge in [0, 0.05) is 30.4 Å². The molecule has 0 fully saturated rings. The maximum absolute atomic E-state index is 5.68. The van der Waals surface area contributed by atoms with E-state index >= 15 is 0 Å². The van der Waals surface area contributed by atoms with Gasteiger partial charge in [-0.15, -0.1) is 0 Å². The monoisotopic (exact) mass is 274 g/mol. The van der Waals surface area contributed by atoms with Gasteiger partial charge in [0.15, 0.2) is 0 Å². The number of hydrogen-bond donors (Lipinski definition) is 1. The van der Waals surface area contributed by atoms with Crippen molar-refractivity contribution in [2.24, 2.45) is 0 Å². The van der Waals surface area contributed by atoms with Crippen LogP contribution >= 0.6 is 0 Å². The van der Waals surface area contributed by atoms with Gasteiger partial charge < -0.3 is 14.5 Å². The lowest BCUT2D eigenvalue weighted by Crippen LogP contribution is -2.11. The molecule has 0 aliphatic heterocycles. The summed E-state index contributed by atoms with van der Waals surface area (Å²) in [5.74, 6) is 1.85. The average molecular weight is 274 g/mol. The Kier molecular flexibility index (Phi) is 5.77. The molecule has 0 spiro atoms. The van der Waals surface area contributed by atoms with E-state index in [1.807, 2.05) is 25.1 Å². The first-order valence-corrected chi connectivity index (χ1v) is 7.06. The zero-order valence-corrected chi connectivity index (χ0v) is 12.2. The van der Waals surface area contributed by atoms with Crippen LogP contribution in [0.2, 0.25) is 0 Å². The lowest BCUT2D eigenvalue weighted by atomic mass is 10.2. The third kappa shape index (κ3) is 4.47. The molecule has 2 rings (SSSR count). The molecule has 0 saturated heterocycles. The number of aromatic nitrogens is 1. The van der Waals surface area contributed by atoms with Crippen molar-refractivity contribution in [2.45, 2.75) is 33.4 Å². The van der Waals surface area contributed by atoms with Gasteiger partial charge >= 0.3 is 0 Å². The van der Waals surface area contributed by atoms with Crippen LogP contribution in [0.15, 0.2) is 34.9 Å². The zero-order valence-electron chi connectivity index (χ0n) is 12.2. The van der Waals surface area contributed by atoms with Crippen LogP contribution in [-0.4, -0.2) is 18.1 Å². The Balaban J connectivity index is 1.74. The van der Waals surface area contributed by atoms with Gasteiger partial charge in [0.1, 0.15) is 18.1 Å². The van der Waals surface area contributed by atoms with Crippen LogP contribution in [0.1, 0.15) is 29.7 Å². The van der Waals surface area contributed by atoms with Crippen LogP contribution in [0.3, 0.4) is 0 Å². The maximum atomic E-state index is 5.68. The van der Waals surface area contributed by atoms with Crippen LogP contribution < -0.4 is 5.32 Å². The SMILES string of the molecule is CCNCc1cc(COCCc2ccccn2)oc1C. The first kappa shape index (κ1) is 14.8. The molecule has 0 aliphatic carbocycles. The minimum atomic E-state index is 0.514. The molecule has 0 atom stereocenters. The van der Waals surface area contributed by atoms with Crippen LogP contribution in [0.25, 0.3) is 0 Å². The molecular formula is C16H22N2O2. The second-order valence-corrected chi connectivity index (χ2v) is 4.70. The summed E-state index contributed by atoms with van der Waals surface area (Å²) in [5, 5.41) is 3.30. The average Bonchev–Trinajstić information content (AvgIpc) is 2.83. The quantitative estimate of drug-likeness (QED) is 0.752. The standard InChI is InChI=1S/C16H22N2O2/c1-3-17-11-14-10-16(20-13(14)2)12-19-9-7-15-6-4-5-8-18-15/h4-6,8,10,17H,3,7,9,11-12H2,1-2H3. The fraction of sp³-hybridized carbons (Fsp3) is 0.438. The smallest absolute Gasteiger partial charge is 0.130 e. The number of nitrogens with zero attached hydrogens (tertiary/aromatic N) is 1. The van der Waals surface area contributed by atoms with E-state index < -0.39 is 0 Å². The Morgan fingerprint density at radius 1 is 1.35 bits per heavy atom. The number of ether oxygens (including phenoxy) is 1. The van der Waals surface area contributed by atoms with E-state index in [1.165, 1.54) is 5.56 Å². The van der Waals surface area contributed by atoms with Gasteiger partial charge in [-0.25, -0.2) is 0 Å². The minimum Gasteiger partial charge on any atom is -0.464 e. The largest absolute Gasteiger partial charge is 0.464 e. The van der Waals surface area contributed by atoms with Gasteiger partial charge in [0.2, 0.25) is 0 Å². The first-order chi connectivity index (χ1) is 9.79. The van der Waals surface area contributed by atoms with Crippen molar-refractivity contribution in [3.05, 3.63) is 53.2 Å². The molecule has 20 heavy (non-hydrogen) atoms. The first-order valence-electron chi connectivity index (χ1n) is 7.06. The Bertz CT molecular complexity index is 508. The molecule has 108 valence electrons. The molecule has 2 aromatic rings. The van der Waals surface area contributed by atoms with Crippen LogP contribution in [0.4, 0.5) is 0 Å². The summed E-state index contributed by atoms with van der Waals surface area (Å²) < 4.78 is 11.3. The molecule has 0 amide bonds. The Morgan fingerprint density at radius 2 is 2.25 bits per heavy atom. The number of aryl methyl sites for hydroxylation is 1. The predicted molar refractivity (Wildman–Crippen MR) is 78.4 cm³/mol. The molecule has 0 aromatic carbocycles. The third-order valence-electron chi connectivity index (χ3n) is 3.11. The lowest BCUT2D eigenvalue weighted by molar-refractivity contribution is 0.108. The number of furan rings is 1. The van der Waals surface area contributed by atoms with Gasteiger partial charge in [-0.2, -0.15) is 0 Å². The Labute approximate surface area is 120 Å². The summed E-state index contributed by atoms with van der Waals surface area (Å²) in [6.07, 6.45) is 2.63. The van der Waals surface area contributed by atoms with Gasteiger partial charge in [0.25, 0.3) is 0 Å². The van der Waals surface area contributed by atoms with Crippen molar-refractivity contribution >= 4 is 0 Å². The van der Waals surface area contributed by atoms with Crippen molar-refractivity contribution in [3.8, 4) is 0 Å². The fourth-order valence-corrected chi connectivity index (χ4v) is 1.99. The van der Waals surface area contributed by atoms with E-state index in [2.05, 4.69) is 23.3 Å². The number of rotatable bonds is 8. The normalized spacial score (nSPS) is 10.9. The van der Waals surface area contributed by atoms with E-state index in [0.29, 0.717) is 13.2 Å². The lowest BCUT2D eigenvalue weighted by Gasteiger charge is -2.01. The molecule has 4 heteroatoms. The van der Waals surface area contributed by atoms with Gasteiger partial charge in [-0.1, -0.05) is 13.0 Å². The topological polar surface area (TPSA) is 47.3 Å². The third-order valence-corrected chi connectivity index (χ3v) is 3.11. The summed E-state index contributed by atoms with van der Waals surface area (Å²) in [5.41, 5.74) is 2.26. The zero-order chi connectivity index (χ0) is 14.2. The van der Waals surface area contributed by atoms with E-state index in [-0.39, 0.29) is 0 Å². The number of pyridine rings is 1. The molecular weight excluding hydrogens is 252 g/mol. The minimum absolute atomic E-state index is 0.514. The second-order valence-electron chi connectivity index (χ2n) is 4.70. The van der Waals surface area contributed by atoms with Crippen molar-refractivity contribution in [2.75, 3.05) is 13.2 Å². The highest BCUT2D eigenvalue weighted by atomic mass is 16.5. The molecule has 0 unspecified atom stereocenters. The molecule has 1 N–H and O–H groups in total. The molecule has 2 heterocycles. The Hall–Kier alpha value is -1.65. The Morgan fingerprint density at radius 3 is 3.00 bits per heavy atom. The van der Waals surface area contributed by atoms with Crippen molar-refractivity contribution in [3.63, 3.8) is 0 Å². The summed E-state index contributed by atoms with van der Waals surface area (Å²) in [6.45, 7) is 7.06. The van der Waals surface area contributed by atoms with Crippen molar-refractivity contribution < 1.29 is 9.15 Å². The van der Waals surface area contributed by atoms with E-state index in [1.54, 1.807) is 6.20 Å².